The summed E-state index contributed by atoms with van der Waals surface area (Å²) in [6, 6.07) is 0. The van der Waals surface area contributed by atoms with Crippen LogP contribution in [0.1, 0.15) is 479 Å². The zero-order valence-corrected chi connectivity index (χ0v) is 74.7. The van der Waals surface area contributed by atoms with Crippen LogP contribution >= 0.6 is 15.6 Å². The van der Waals surface area contributed by atoms with Crippen LogP contribution in [0, 0.1) is 23.7 Å². The van der Waals surface area contributed by atoms with Crippen LogP contribution in [0.25, 0.3) is 0 Å². The van der Waals surface area contributed by atoms with Crippen molar-refractivity contribution in [2.24, 2.45) is 23.7 Å². The maximum absolute atomic E-state index is 13.2. The fourth-order valence-electron chi connectivity index (χ4n) is 14.2. The lowest BCUT2D eigenvalue weighted by atomic mass is 9.99. The maximum Gasteiger partial charge on any atom is 0.472 e. The van der Waals surface area contributed by atoms with Gasteiger partial charge < -0.3 is 33.8 Å². The number of carbonyl (C=O) groups excluding carboxylic acids is 4. The minimum Gasteiger partial charge on any atom is -0.462 e. The molecule has 0 aliphatic heterocycles. The molecule has 110 heavy (non-hydrogen) atoms. The molecule has 19 heteroatoms. The monoisotopic (exact) mass is 1610 g/mol. The zero-order valence-electron chi connectivity index (χ0n) is 72.9. The molecular weight excluding hydrogens is 1430 g/mol. The molecule has 654 valence electrons. The Balaban J connectivity index is 5.18. The van der Waals surface area contributed by atoms with Gasteiger partial charge in [0.1, 0.15) is 19.3 Å². The van der Waals surface area contributed by atoms with Gasteiger partial charge in [-0.3, -0.25) is 37.3 Å². The second-order valence-electron chi connectivity index (χ2n) is 34.4. The number of esters is 4. The van der Waals surface area contributed by atoms with Gasteiger partial charge in [-0.2, -0.15) is 0 Å². The first-order chi connectivity index (χ1) is 53.1. The van der Waals surface area contributed by atoms with Crippen LogP contribution in [0.4, 0.5) is 0 Å². The van der Waals surface area contributed by atoms with Crippen LogP contribution in [0.2, 0.25) is 0 Å². The van der Waals surface area contributed by atoms with Gasteiger partial charge in [-0.05, 0) is 49.4 Å². The van der Waals surface area contributed by atoms with Gasteiger partial charge in [0.2, 0.25) is 0 Å². The summed E-state index contributed by atoms with van der Waals surface area (Å²) >= 11 is 0. The quantitative estimate of drug-likeness (QED) is 0.0222. The summed E-state index contributed by atoms with van der Waals surface area (Å²) in [6.07, 6.45) is 71.1. The van der Waals surface area contributed by atoms with Crippen molar-refractivity contribution >= 4 is 39.5 Å². The number of phosphoric ester groups is 2. The highest BCUT2D eigenvalue weighted by Crippen LogP contribution is 2.45. The van der Waals surface area contributed by atoms with Gasteiger partial charge in [-0.15, -0.1) is 0 Å². The van der Waals surface area contributed by atoms with Crippen LogP contribution in [-0.2, 0) is 65.4 Å². The third kappa shape index (κ3) is 82.6. The summed E-state index contributed by atoms with van der Waals surface area (Å²) in [5, 5.41) is 10.7. The second-order valence-corrected chi connectivity index (χ2v) is 37.3. The van der Waals surface area contributed by atoms with E-state index in [1.807, 2.05) is 0 Å². The highest BCUT2D eigenvalue weighted by Gasteiger charge is 2.31. The van der Waals surface area contributed by atoms with Gasteiger partial charge in [-0.25, -0.2) is 9.13 Å². The molecule has 0 saturated heterocycles. The number of unbranched alkanes of at least 4 members (excludes halogenated alkanes) is 53. The van der Waals surface area contributed by atoms with Crippen LogP contribution < -0.4 is 0 Å². The molecule has 0 aliphatic rings. The van der Waals surface area contributed by atoms with Gasteiger partial charge >= 0.3 is 39.5 Å². The fourth-order valence-corrected chi connectivity index (χ4v) is 15.7. The molecule has 3 N–H and O–H groups in total. The summed E-state index contributed by atoms with van der Waals surface area (Å²) < 4.78 is 69.0. The molecule has 17 nitrogen and oxygen atoms in total. The molecule has 0 spiro atoms. The molecule has 6 atom stereocenters. The number of hydrogen-bond acceptors (Lipinski definition) is 15. The number of aliphatic hydroxyl groups excluding tert-OH is 1. The molecular formula is C91H178O17P2. The largest absolute Gasteiger partial charge is 0.472 e. The van der Waals surface area contributed by atoms with Crippen LogP contribution in [-0.4, -0.2) is 96.7 Å². The van der Waals surface area contributed by atoms with Gasteiger partial charge in [0.15, 0.2) is 12.2 Å². The third-order valence-electron chi connectivity index (χ3n) is 21.7. The SMILES string of the molecule is CCC(C)CCCCCCCCCCCCCCCCCCCCC(=O)OC[C@H](COP(=O)(O)OCC(O)COP(=O)(O)OC[C@@H](COC(=O)CCCCCCCCC(C)C)OC(=O)CCCCCCCCCCCCCCCCCCCCC(C)C)OC(=O)CCCCCCCCCCCCCCCCCC(C)C. The fraction of sp³-hybridized carbons (Fsp3) is 0.956. The van der Waals surface area contributed by atoms with Gasteiger partial charge in [0, 0.05) is 25.7 Å². The molecule has 0 aromatic carbocycles. The van der Waals surface area contributed by atoms with E-state index < -0.39 is 97.5 Å². The first-order valence-corrected chi connectivity index (χ1v) is 49.7. The number of carbonyl (C=O) groups is 4. The molecule has 0 rings (SSSR count). The van der Waals surface area contributed by atoms with Crippen molar-refractivity contribution in [1.82, 2.24) is 0 Å². The number of aliphatic hydroxyl groups is 1. The normalized spacial score (nSPS) is 14.1. The lowest BCUT2D eigenvalue weighted by molar-refractivity contribution is -0.161. The van der Waals surface area contributed by atoms with E-state index in [1.165, 1.54) is 276 Å². The molecule has 0 radical (unpaired) electrons. The minimum absolute atomic E-state index is 0.107. The van der Waals surface area contributed by atoms with Crippen molar-refractivity contribution in [3.8, 4) is 0 Å². The molecule has 0 saturated carbocycles. The van der Waals surface area contributed by atoms with Crippen LogP contribution in [0.15, 0.2) is 0 Å². The van der Waals surface area contributed by atoms with Crippen molar-refractivity contribution < 1.29 is 80.2 Å². The first kappa shape index (κ1) is 108. The molecule has 0 aliphatic carbocycles. The Morgan fingerprint density at radius 1 is 0.255 bits per heavy atom. The zero-order chi connectivity index (χ0) is 80.9. The lowest BCUT2D eigenvalue weighted by Gasteiger charge is -2.21. The predicted octanol–water partition coefficient (Wildman–Crippen LogP) is 27.9. The number of hydrogen-bond donors (Lipinski definition) is 3. The van der Waals surface area contributed by atoms with E-state index in [1.54, 1.807) is 0 Å². The summed E-state index contributed by atoms with van der Waals surface area (Å²) in [5.74, 6) is 1.07. The summed E-state index contributed by atoms with van der Waals surface area (Å²) in [6.45, 7) is 14.4. The van der Waals surface area contributed by atoms with Gasteiger partial charge in [-0.1, -0.05) is 428 Å². The van der Waals surface area contributed by atoms with E-state index in [0.717, 1.165) is 114 Å². The van der Waals surface area contributed by atoms with Crippen molar-refractivity contribution in [3.63, 3.8) is 0 Å². The van der Waals surface area contributed by atoms with Crippen molar-refractivity contribution in [2.45, 2.75) is 497 Å². The van der Waals surface area contributed by atoms with E-state index in [2.05, 4.69) is 55.4 Å². The Labute approximate surface area is 677 Å². The van der Waals surface area contributed by atoms with E-state index in [4.69, 9.17) is 37.0 Å². The Kier molecular flexibility index (Phi) is 78.1. The predicted molar refractivity (Wildman–Crippen MR) is 455 cm³/mol. The Morgan fingerprint density at radius 3 is 0.645 bits per heavy atom. The molecule has 0 bridgehead atoms. The lowest BCUT2D eigenvalue weighted by Crippen LogP contribution is -2.30. The van der Waals surface area contributed by atoms with E-state index in [9.17, 15) is 43.2 Å². The Morgan fingerprint density at radius 2 is 0.436 bits per heavy atom. The maximum atomic E-state index is 13.2. The van der Waals surface area contributed by atoms with Crippen LogP contribution in [0.3, 0.4) is 0 Å². The minimum atomic E-state index is -4.97. The average molecular weight is 1610 g/mol. The number of phosphoric acid groups is 2. The molecule has 0 aromatic heterocycles. The van der Waals surface area contributed by atoms with Gasteiger partial charge in [0.25, 0.3) is 0 Å². The standard InChI is InChI=1S/C91H178O17P2/c1-9-84(8)70-62-54-45-39-33-27-21-15-11-13-16-22-28-34-40-46-55-63-71-88(93)101-77-86(107-90(95)73-66-58-48-42-36-30-24-18-20-26-32-38-44-52-60-68-82(4)5)79-105-109(97,98)103-75-85(92)76-104-110(99,100)106-80-87(78-102-89(94)72-64-56-50-49-53-61-69-83(6)7)108-91(96)74-65-57-47-41-35-29-23-17-12-10-14-19-25-31-37-43-51-59-67-81(2)3/h81-87,92H,9-80H2,1-8H3,(H,97,98)(H,99,100)/t84?,85?,86-,87-/m1/s1. The molecule has 0 heterocycles. The van der Waals surface area contributed by atoms with Crippen LogP contribution in [0.5, 0.6) is 0 Å². The van der Waals surface area contributed by atoms with E-state index >= 15 is 0 Å². The second kappa shape index (κ2) is 79.5. The molecule has 0 amide bonds. The highest BCUT2D eigenvalue weighted by molar-refractivity contribution is 7.47. The topological polar surface area (TPSA) is 237 Å². The number of rotatable bonds is 88. The van der Waals surface area contributed by atoms with Crippen molar-refractivity contribution in [3.05, 3.63) is 0 Å². The smallest absolute Gasteiger partial charge is 0.462 e. The van der Waals surface area contributed by atoms with Crippen molar-refractivity contribution in [1.29, 1.82) is 0 Å². The molecule has 0 fully saturated rings. The highest BCUT2D eigenvalue weighted by atomic mass is 31.2. The Hall–Kier alpha value is -1.94. The Bertz CT molecular complexity index is 2130. The van der Waals surface area contributed by atoms with Gasteiger partial charge in [0.05, 0.1) is 26.4 Å². The summed E-state index contributed by atoms with van der Waals surface area (Å²) in [7, 11) is -9.93. The van der Waals surface area contributed by atoms with E-state index in [0.29, 0.717) is 31.6 Å². The first-order valence-electron chi connectivity index (χ1n) is 46.7. The van der Waals surface area contributed by atoms with Crippen molar-refractivity contribution in [2.75, 3.05) is 39.6 Å². The molecule has 0 aromatic rings. The summed E-state index contributed by atoms with van der Waals surface area (Å²) in [5.41, 5.74) is 0. The van der Waals surface area contributed by atoms with E-state index in [-0.39, 0.29) is 25.7 Å². The third-order valence-corrected chi connectivity index (χ3v) is 23.6. The average Bonchev–Trinajstić information content (AvgIpc) is 0.898. The molecule has 4 unspecified atom stereocenters. The summed E-state index contributed by atoms with van der Waals surface area (Å²) in [4.78, 5) is 73.3. The number of ether oxygens (including phenoxy) is 4.